The molecule has 0 fully saturated rings. The molecule has 0 spiro atoms. The molecule has 0 bridgehead atoms. The molecule has 0 unspecified atom stereocenters. The molecular formula is C12H10O2Y. The van der Waals surface area contributed by atoms with Crippen LogP contribution in [0.1, 0.15) is 0 Å². The number of benzene rings is 2. The van der Waals surface area contributed by atoms with E-state index in [0.29, 0.717) is 0 Å². The number of hydrogen-bond acceptors (Lipinski definition) is 2. The van der Waals surface area contributed by atoms with Gasteiger partial charge < -0.3 is 9.84 Å². The van der Waals surface area contributed by atoms with Gasteiger partial charge in [0.25, 0.3) is 0 Å². The first-order chi connectivity index (χ1) is 6.81. The van der Waals surface area contributed by atoms with Crippen molar-refractivity contribution in [3.63, 3.8) is 0 Å². The molecule has 0 aliphatic rings. The number of fused-ring (bicyclic) bond motifs is 1. The molecule has 0 aliphatic carbocycles. The summed E-state index contributed by atoms with van der Waals surface area (Å²) in [5.74, 6) is 1.01. The van der Waals surface area contributed by atoms with Crippen molar-refractivity contribution in [3.05, 3.63) is 49.2 Å². The van der Waals surface area contributed by atoms with Crippen molar-refractivity contribution in [1.29, 1.82) is 0 Å². The summed E-state index contributed by atoms with van der Waals surface area (Å²) < 4.78 is 5.24. The second-order valence-corrected chi connectivity index (χ2v) is 2.95. The Morgan fingerprint density at radius 3 is 2.73 bits per heavy atom. The molecule has 0 saturated carbocycles. The van der Waals surface area contributed by atoms with Crippen LogP contribution in [0.3, 0.4) is 0 Å². The predicted molar refractivity (Wildman–Crippen MR) is 56.4 cm³/mol. The molecular weight excluding hydrogens is 265 g/mol. The molecule has 0 heterocycles. The number of phenols is 1. The van der Waals surface area contributed by atoms with E-state index in [1.54, 1.807) is 12.1 Å². The Balaban J connectivity index is 0.00000112. The quantitative estimate of drug-likeness (QED) is 0.853. The van der Waals surface area contributed by atoms with E-state index in [1.165, 1.54) is 6.26 Å². The molecule has 3 heteroatoms. The van der Waals surface area contributed by atoms with Gasteiger partial charge >= 0.3 is 0 Å². The average molecular weight is 275 g/mol. The Bertz CT molecular complexity index is 480. The maximum Gasteiger partial charge on any atom is 0.134 e. The number of hydrogen-bond donors (Lipinski definition) is 1. The van der Waals surface area contributed by atoms with Gasteiger partial charge in [0.05, 0.1) is 6.26 Å². The van der Waals surface area contributed by atoms with Gasteiger partial charge in [0.2, 0.25) is 0 Å². The van der Waals surface area contributed by atoms with Crippen LogP contribution in [0.2, 0.25) is 0 Å². The molecule has 0 atom stereocenters. The van der Waals surface area contributed by atoms with Crippen LogP contribution < -0.4 is 4.74 Å². The van der Waals surface area contributed by atoms with Crippen molar-refractivity contribution in [3.8, 4) is 11.5 Å². The van der Waals surface area contributed by atoms with Gasteiger partial charge in [-0.3, -0.25) is 0 Å². The van der Waals surface area contributed by atoms with Crippen molar-refractivity contribution in [2.24, 2.45) is 0 Å². The fraction of sp³-hybridized carbons (Fsp3) is 0. The Kier molecular flexibility index (Phi) is 4.31. The zero-order valence-corrected chi connectivity index (χ0v) is 11.0. The number of aromatic hydroxyl groups is 1. The zero-order valence-electron chi connectivity index (χ0n) is 8.18. The van der Waals surface area contributed by atoms with Gasteiger partial charge in [0.1, 0.15) is 11.5 Å². The van der Waals surface area contributed by atoms with Gasteiger partial charge in [-0.15, -0.1) is 0 Å². The zero-order chi connectivity index (χ0) is 9.97. The monoisotopic (exact) mass is 275 g/mol. The summed E-state index contributed by atoms with van der Waals surface area (Å²) in [6, 6.07) is 10.8. The van der Waals surface area contributed by atoms with Gasteiger partial charge in [-0.1, -0.05) is 18.7 Å². The SMILES string of the molecule is C=COc1cccc2cc(O)ccc12.[Y]. The Morgan fingerprint density at radius 1 is 1.20 bits per heavy atom. The summed E-state index contributed by atoms with van der Waals surface area (Å²) in [7, 11) is 0. The van der Waals surface area contributed by atoms with E-state index in [2.05, 4.69) is 6.58 Å². The normalized spacial score (nSPS) is 9.33. The van der Waals surface area contributed by atoms with Gasteiger partial charge in [-0.25, -0.2) is 0 Å². The first kappa shape index (κ1) is 12.2. The van der Waals surface area contributed by atoms with E-state index in [1.807, 2.05) is 24.3 Å². The van der Waals surface area contributed by atoms with E-state index in [9.17, 15) is 5.11 Å². The van der Waals surface area contributed by atoms with Crippen LogP contribution in [0, 0.1) is 0 Å². The summed E-state index contributed by atoms with van der Waals surface area (Å²) >= 11 is 0. The molecule has 0 amide bonds. The van der Waals surface area contributed by atoms with E-state index in [0.717, 1.165) is 16.5 Å². The van der Waals surface area contributed by atoms with Gasteiger partial charge in [-0.05, 0) is 29.7 Å². The fourth-order valence-electron chi connectivity index (χ4n) is 1.43. The molecule has 2 aromatic carbocycles. The van der Waals surface area contributed by atoms with Crippen LogP contribution in [0.15, 0.2) is 49.2 Å². The minimum absolute atomic E-state index is 0. The fourth-order valence-corrected chi connectivity index (χ4v) is 1.43. The summed E-state index contributed by atoms with van der Waals surface area (Å²) in [6.07, 6.45) is 1.39. The molecule has 2 rings (SSSR count). The van der Waals surface area contributed by atoms with Crippen LogP contribution in [0.25, 0.3) is 10.8 Å². The molecule has 15 heavy (non-hydrogen) atoms. The molecule has 2 aromatic rings. The third-order valence-corrected chi connectivity index (χ3v) is 2.03. The van der Waals surface area contributed by atoms with E-state index in [4.69, 9.17) is 4.74 Å². The van der Waals surface area contributed by atoms with E-state index >= 15 is 0 Å². The number of phenolic OH excluding ortho intramolecular Hbond substituents is 1. The summed E-state index contributed by atoms with van der Waals surface area (Å²) in [5, 5.41) is 11.2. The first-order valence-electron chi connectivity index (χ1n) is 4.30. The third kappa shape index (κ3) is 2.58. The number of rotatable bonds is 2. The largest absolute Gasteiger partial charge is 0.508 e. The smallest absolute Gasteiger partial charge is 0.134 e. The van der Waals surface area contributed by atoms with Gasteiger partial charge in [0, 0.05) is 38.1 Å². The van der Waals surface area contributed by atoms with Gasteiger partial charge in [-0.2, -0.15) is 0 Å². The van der Waals surface area contributed by atoms with Crippen molar-refractivity contribution < 1.29 is 42.6 Å². The molecule has 0 saturated heterocycles. The maximum atomic E-state index is 9.29. The summed E-state index contributed by atoms with van der Waals surface area (Å²) in [4.78, 5) is 0. The average Bonchev–Trinajstić information content (AvgIpc) is 2.18. The maximum absolute atomic E-state index is 9.29. The third-order valence-electron chi connectivity index (χ3n) is 2.03. The topological polar surface area (TPSA) is 29.5 Å². The van der Waals surface area contributed by atoms with Crippen LogP contribution in [-0.2, 0) is 32.7 Å². The second kappa shape index (κ2) is 5.29. The second-order valence-electron chi connectivity index (χ2n) is 2.95. The standard InChI is InChI=1S/C12H10O2.Y/c1-2-14-12-5-3-4-9-8-10(13)6-7-11(9)12;/h2-8,13H,1H2;. The Labute approximate surface area is 113 Å². The Morgan fingerprint density at radius 2 is 2.00 bits per heavy atom. The van der Waals surface area contributed by atoms with Crippen LogP contribution in [-0.4, -0.2) is 5.11 Å². The summed E-state index contributed by atoms with van der Waals surface area (Å²) in [5.41, 5.74) is 0. The first-order valence-corrected chi connectivity index (χ1v) is 4.30. The van der Waals surface area contributed by atoms with E-state index in [-0.39, 0.29) is 38.5 Å². The van der Waals surface area contributed by atoms with Crippen LogP contribution in [0.4, 0.5) is 0 Å². The molecule has 73 valence electrons. The van der Waals surface area contributed by atoms with Crippen molar-refractivity contribution >= 4 is 10.8 Å². The minimum Gasteiger partial charge on any atom is -0.508 e. The molecule has 1 N–H and O–H groups in total. The molecule has 0 aliphatic heterocycles. The van der Waals surface area contributed by atoms with Crippen LogP contribution in [0.5, 0.6) is 11.5 Å². The van der Waals surface area contributed by atoms with Crippen molar-refractivity contribution in [2.45, 2.75) is 0 Å². The van der Waals surface area contributed by atoms with Crippen molar-refractivity contribution in [2.75, 3.05) is 0 Å². The molecule has 2 nitrogen and oxygen atoms in total. The van der Waals surface area contributed by atoms with Crippen molar-refractivity contribution in [1.82, 2.24) is 0 Å². The predicted octanol–water partition coefficient (Wildman–Crippen LogP) is 3.07. The Hall–Kier alpha value is -0.856. The number of ether oxygens (including phenoxy) is 1. The van der Waals surface area contributed by atoms with Crippen LogP contribution >= 0.6 is 0 Å². The molecule has 0 aromatic heterocycles. The minimum atomic E-state index is 0. The summed E-state index contributed by atoms with van der Waals surface area (Å²) in [6.45, 7) is 3.51. The molecule has 1 radical (unpaired) electrons. The van der Waals surface area contributed by atoms with E-state index < -0.39 is 0 Å². The van der Waals surface area contributed by atoms with Gasteiger partial charge in [0.15, 0.2) is 0 Å².